The predicted molar refractivity (Wildman–Crippen MR) is 59.7 cm³/mol. The van der Waals surface area contributed by atoms with Gasteiger partial charge in [0, 0.05) is 12.7 Å². The van der Waals surface area contributed by atoms with E-state index in [1.54, 1.807) is 22.9 Å². The number of ether oxygens (including phenoxy) is 1. The van der Waals surface area contributed by atoms with Crippen LogP contribution in [0.2, 0.25) is 0 Å². The molecule has 90 valence electrons. The first-order valence-corrected chi connectivity index (χ1v) is 5.25. The molecule has 0 N–H and O–H groups in total. The molecule has 7 nitrogen and oxygen atoms in total. The van der Waals surface area contributed by atoms with E-state index in [0.717, 1.165) is 6.42 Å². The Bertz CT molecular complexity index is 520. The van der Waals surface area contributed by atoms with E-state index >= 15 is 0 Å². The van der Waals surface area contributed by atoms with Crippen LogP contribution in [0.4, 0.5) is 0 Å². The summed E-state index contributed by atoms with van der Waals surface area (Å²) in [7, 11) is 1.49. The molecule has 0 aromatic carbocycles. The monoisotopic (exact) mass is 235 g/mol. The second-order valence-electron chi connectivity index (χ2n) is 3.46. The first kappa shape index (κ1) is 11.3. The third-order valence-corrected chi connectivity index (χ3v) is 2.35. The standard InChI is InChI=1S/C10H13N5O2/c1-17-9-4-2-5-14(10(9)16)6-3-7-15-12-8-11-13-15/h2,4-5,8H,3,6-7H2,1H3. The SMILES string of the molecule is COc1cccn(CCCn2ncnn2)c1=O. The fourth-order valence-electron chi connectivity index (χ4n) is 1.52. The first-order valence-electron chi connectivity index (χ1n) is 5.25. The Morgan fingerprint density at radius 3 is 3.00 bits per heavy atom. The highest BCUT2D eigenvalue weighted by molar-refractivity contribution is 5.16. The first-order chi connectivity index (χ1) is 8.31. The Hall–Kier alpha value is -2.18. The quantitative estimate of drug-likeness (QED) is 0.725. The number of tetrazole rings is 1. The van der Waals surface area contributed by atoms with Gasteiger partial charge >= 0.3 is 0 Å². The highest BCUT2D eigenvalue weighted by Gasteiger charge is 2.02. The van der Waals surface area contributed by atoms with Crippen LogP contribution in [0.1, 0.15) is 6.42 Å². The average molecular weight is 235 g/mol. The Balaban J connectivity index is 1.97. The smallest absolute Gasteiger partial charge is 0.292 e. The van der Waals surface area contributed by atoms with E-state index in [9.17, 15) is 4.79 Å². The maximum atomic E-state index is 11.8. The van der Waals surface area contributed by atoms with Gasteiger partial charge in [-0.05, 0) is 23.8 Å². The molecule has 2 aromatic heterocycles. The Morgan fingerprint density at radius 1 is 1.41 bits per heavy atom. The van der Waals surface area contributed by atoms with Crippen LogP contribution in [0.3, 0.4) is 0 Å². The number of rotatable bonds is 5. The van der Waals surface area contributed by atoms with Crippen molar-refractivity contribution in [1.29, 1.82) is 0 Å². The second-order valence-corrected chi connectivity index (χ2v) is 3.46. The van der Waals surface area contributed by atoms with Gasteiger partial charge in [0.1, 0.15) is 0 Å². The fraction of sp³-hybridized carbons (Fsp3) is 0.400. The molecular formula is C10H13N5O2. The minimum Gasteiger partial charge on any atom is -0.491 e. The van der Waals surface area contributed by atoms with Crippen LogP contribution >= 0.6 is 0 Å². The van der Waals surface area contributed by atoms with Crippen molar-refractivity contribution >= 4 is 0 Å². The van der Waals surface area contributed by atoms with E-state index in [0.29, 0.717) is 18.8 Å². The lowest BCUT2D eigenvalue weighted by molar-refractivity contribution is 0.398. The zero-order valence-corrected chi connectivity index (χ0v) is 9.48. The number of pyridine rings is 1. The van der Waals surface area contributed by atoms with Crippen LogP contribution < -0.4 is 10.3 Å². The molecule has 0 bridgehead atoms. The molecule has 2 aromatic rings. The lowest BCUT2D eigenvalue weighted by atomic mass is 10.4. The van der Waals surface area contributed by atoms with E-state index < -0.39 is 0 Å². The topological polar surface area (TPSA) is 74.8 Å². The van der Waals surface area contributed by atoms with Crippen LogP contribution in [0.15, 0.2) is 29.5 Å². The third-order valence-electron chi connectivity index (χ3n) is 2.35. The second kappa shape index (κ2) is 5.24. The molecule has 7 heteroatoms. The molecule has 0 aliphatic heterocycles. The normalized spacial score (nSPS) is 10.4. The molecule has 0 spiro atoms. The molecule has 0 aliphatic carbocycles. The molecule has 0 saturated carbocycles. The largest absolute Gasteiger partial charge is 0.491 e. The van der Waals surface area contributed by atoms with Crippen molar-refractivity contribution in [2.24, 2.45) is 0 Å². The van der Waals surface area contributed by atoms with E-state index in [-0.39, 0.29) is 5.56 Å². The summed E-state index contributed by atoms with van der Waals surface area (Å²) in [5, 5.41) is 11.2. The zero-order valence-electron chi connectivity index (χ0n) is 9.48. The summed E-state index contributed by atoms with van der Waals surface area (Å²) in [6.45, 7) is 1.22. The summed E-state index contributed by atoms with van der Waals surface area (Å²) in [6, 6.07) is 3.44. The number of nitrogens with zero attached hydrogens (tertiary/aromatic N) is 5. The lowest BCUT2D eigenvalue weighted by Gasteiger charge is -2.06. The van der Waals surface area contributed by atoms with Crippen LogP contribution in [-0.4, -0.2) is 31.9 Å². The van der Waals surface area contributed by atoms with E-state index in [2.05, 4.69) is 15.4 Å². The van der Waals surface area contributed by atoms with Crippen molar-refractivity contribution in [3.63, 3.8) is 0 Å². The van der Waals surface area contributed by atoms with Gasteiger partial charge in [0.25, 0.3) is 5.56 Å². The molecule has 2 rings (SSSR count). The molecular weight excluding hydrogens is 222 g/mol. The van der Waals surface area contributed by atoms with Gasteiger partial charge in [0.15, 0.2) is 12.1 Å². The van der Waals surface area contributed by atoms with Crippen molar-refractivity contribution < 1.29 is 4.74 Å². The molecule has 0 radical (unpaired) electrons. The van der Waals surface area contributed by atoms with E-state index in [4.69, 9.17) is 4.74 Å². The highest BCUT2D eigenvalue weighted by atomic mass is 16.5. The van der Waals surface area contributed by atoms with Gasteiger partial charge < -0.3 is 9.30 Å². The summed E-state index contributed by atoms with van der Waals surface area (Å²) < 4.78 is 6.57. The molecule has 0 atom stereocenters. The van der Waals surface area contributed by atoms with Gasteiger partial charge in [-0.3, -0.25) is 4.79 Å². The number of hydrogen-bond donors (Lipinski definition) is 0. The number of methoxy groups -OCH3 is 1. The summed E-state index contributed by atoms with van der Waals surface area (Å²) in [6.07, 6.45) is 3.88. The van der Waals surface area contributed by atoms with Crippen LogP contribution in [0, 0.1) is 0 Å². The molecule has 0 saturated heterocycles. The van der Waals surface area contributed by atoms with E-state index in [1.807, 2.05) is 0 Å². The van der Waals surface area contributed by atoms with Crippen molar-refractivity contribution in [2.75, 3.05) is 7.11 Å². The van der Waals surface area contributed by atoms with Gasteiger partial charge in [-0.15, -0.1) is 10.2 Å². The van der Waals surface area contributed by atoms with Crippen molar-refractivity contribution in [2.45, 2.75) is 19.5 Å². The number of aromatic nitrogens is 5. The predicted octanol–water partition coefficient (Wildman–Crippen LogP) is -0.0663. The average Bonchev–Trinajstić information content (AvgIpc) is 2.84. The van der Waals surface area contributed by atoms with Gasteiger partial charge in [-0.2, -0.15) is 4.80 Å². The maximum absolute atomic E-state index is 11.8. The van der Waals surface area contributed by atoms with Crippen molar-refractivity contribution in [3.8, 4) is 5.75 Å². The summed E-state index contributed by atoms with van der Waals surface area (Å²) in [4.78, 5) is 13.3. The molecule has 17 heavy (non-hydrogen) atoms. The van der Waals surface area contributed by atoms with E-state index in [1.165, 1.54) is 18.2 Å². The number of aryl methyl sites for hydroxylation is 2. The summed E-state index contributed by atoms with van der Waals surface area (Å²) in [5.74, 6) is 0.353. The Morgan fingerprint density at radius 2 is 2.29 bits per heavy atom. The molecule has 0 aliphatic rings. The maximum Gasteiger partial charge on any atom is 0.292 e. The lowest BCUT2D eigenvalue weighted by Crippen LogP contribution is -2.21. The van der Waals surface area contributed by atoms with Gasteiger partial charge in [0.05, 0.1) is 13.7 Å². The highest BCUT2D eigenvalue weighted by Crippen LogP contribution is 2.01. The minimum absolute atomic E-state index is 0.124. The van der Waals surface area contributed by atoms with Crippen LogP contribution in [0.5, 0.6) is 5.75 Å². The summed E-state index contributed by atoms with van der Waals surface area (Å²) in [5.41, 5.74) is -0.124. The molecule has 0 fully saturated rings. The minimum atomic E-state index is -0.124. The third kappa shape index (κ3) is 2.68. The molecule has 0 unspecified atom stereocenters. The van der Waals surface area contributed by atoms with Crippen molar-refractivity contribution in [3.05, 3.63) is 35.0 Å². The summed E-state index contributed by atoms with van der Waals surface area (Å²) >= 11 is 0. The van der Waals surface area contributed by atoms with Gasteiger partial charge in [-0.25, -0.2) is 0 Å². The number of hydrogen-bond acceptors (Lipinski definition) is 5. The molecule has 0 amide bonds. The van der Waals surface area contributed by atoms with Crippen LogP contribution in [-0.2, 0) is 13.1 Å². The Kier molecular flexibility index (Phi) is 3.49. The fourth-order valence-corrected chi connectivity index (χ4v) is 1.52. The molecule has 2 heterocycles. The zero-order chi connectivity index (χ0) is 12.1. The van der Waals surface area contributed by atoms with Crippen molar-refractivity contribution in [1.82, 2.24) is 24.8 Å². The van der Waals surface area contributed by atoms with Gasteiger partial charge in [-0.1, -0.05) is 0 Å². The Labute approximate surface area is 97.6 Å². The van der Waals surface area contributed by atoms with Crippen LogP contribution in [0.25, 0.3) is 0 Å². The van der Waals surface area contributed by atoms with Gasteiger partial charge in [0.2, 0.25) is 0 Å².